The Labute approximate surface area is 131 Å². The van der Waals surface area contributed by atoms with Gasteiger partial charge in [-0.25, -0.2) is 4.99 Å². The molecule has 1 atom stereocenters. The highest BCUT2D eigenvalue weighted by molar-refractivity contribution is 5.73. The summed E-state index contributed by atoms with van der Waals surface area (Å²) in [5.41, 5.74) is 12.2. The molecule has 4 heteroatoms. The molecule has 0 saturated carbocycles. The SMILES string of the molecule is COC(N)=NC1CCc2cccc(-c3cnccc3C)c2C1. The van der Waals surface area contributed by atoms with E-state index in [9.17, 15) is 0 Å². The molecule has 1 aromatic carbocycles. The summed E-state index contributed by atoms with van der Waals surface area (Å²) in [6.45, 7) is 2.12. The fraction of sp³-hybridized carbons (Fsp3) is 0.333. The summed E-state index contributed by atoms with van der Waals surface area (Å²) in [6, 6.07) is 9.02. The van der Waals surface area contributed by atoms with Crippen molar-refractivity contribution < 1.29 is 4.74 Å². The summed E-state index contributed by atoms with van der Waals surface area (Å²) < 4.78 is 4.99. The van der Waals surface area contributed by atoms with Crippen molar-refractivity contribution >= 4 is 6.02 Å². The van der Waals surface area contributed by atoms with Gasteiger partial charge in [0.25, 0.3) is 6.02 Å². The summed E-state index contributed by atoms with van der Waals surface area (Å²) in [5.74, 6) is 0. The number of hydrogen-bond acceptors (Lipinski definition) is 3. The first-order chi connectivity index (χ1) is 10.7. The number of pyridine rings is 1. The molecule has 22 heavy (non-hydrogen) atoms. The van der Waals surface area contributed by atoms with Crippen LogP contribution < -0.4 is 5.73 Å². The highest BCUT2D eigenvalue weighted by Gasteiger charge is 2.22. The van der Waals surface area contributed by atoms with Crippen LogP contribution in [0.4, 0.5) is 0 Å². The van der Waals surface area contributed by atoms with Gasteiger partial charge in [-0.2, -0.15) is 0 Å². The average Bonchev–Trinajstić information content (AvgIpc) is 2.55. The molecule has 1 aliphatic carbocycles. The first-order valence-electron chi connectivity index (χ1n) is 7.58. The zero-order valence-corrected chi connectivity index (χ0v) is 13.0. The molecule has 0 aliphatic heterocycles. The molecule has 0 spiro atoms. The number of benzene rings is 1. The maximum absolute atomic E-state index is 5.71. The zero-order valence-electron chi connectivity index (χ0n) is 13.0. The van der Waals surface area contributed by atoms with Crippen LogP contribution in [0, 0.1) is 6.92 Å². The first kappa shape index (κ1) is 14.6. The predicted octanol–water partition coefficient (Wildman–Crippen LogP) is 2.88. The molecule has 0 fully saturated rings. The van der Waals surface area contributed by atoms with Gasteiger partial charge in [0.15, 0.2) is 0 Å². The van der Waals surface area contributed by atoms with Gasteiger partial charge in [-0.3, -0.25) is 4.98 Å². The van der Waals surface area contributed by atoms with E-state index < -0.39 is 0 Å². The predicted molar refractivity (Wildman–Crippen MR) is 88.9 cm³/mol. The van der Waals surface area contributed by atoms with Crippen LogP contribution in [-0.4, -0.2) is 24.2 Å². The largest absolute Gasteiger partial charge is 0.469 e. The Morgan fingerprint density at radius 2 is 2.18 bits per heavy atom. The maximum Gasteiger partial charge on any atom is 0.281 e. The molecule has 1 heterocycles. The Bertz CT molecular complexity index is 709. The van der Waals surface area contributed by atoms with Gasteiger partial charge in [0, 0.05) is 18.0 Å². The van der Waals surface area contributed by atoms with Crippen molar-refractivity contribution in [1.82, 2.24) is 4.98 Å². The third-order valence-corrected chi connectivity index (χ3v) is 4.31. The van der Waals surface area contributed by atoms with Crippen molar-refractivity contribution in [3.63, 3.8) is 0 Å². The van der Waals surface area contributed by atoms with E-state index in [4.69, 9.17) is 10.5 Å². The van der Waals surface area contributed by atoms with Gasteiger partial charge in [0.1, 0.15) is 0 Å². The molecule has 3 rings (SSSR count). The smallest absolute Gasteiger partial charge is 0.281 e. The number of rotatable bonds is 2. The van der Waals surface area contributed by atoms with Crippen molar-refractivity contribution in [2.45, 2.75) is 32.2 Å². The average molecular weight is 295 g/mol. The number of methoxy groups -OCH3 is 1. The number of aliphatic imine (C=N–C) groups is 1. The Morgan fingerprint density at radius 1 is 1.32 bits per heavy atom. The van der Waals surface area contributed by atoms with E-state index in [1.807, 2.05) is 12.4 Å². The van der Waals surface area contributed by atoms with Crippen LogP contribution in [0.3, 0.4) is 0 Å². The van der Waals surface area contributed by atoms with Gasteiger partial charge >= 0.3 is 0 Å². The van der Waals surface area contributed by atoms with Crippen LogP contribution in [0.5, 0.6) is 0 Å². The molecular weight excluding hydrogens is 274 g/mol. The maximum atomic E-state index is 5.71. The number of fused-ring (bicyclic) bond motifs is 1. The third kappa shape index (κ3) is 2.82. The van der Waals surface area contributed by atoms with Crippen molar-refractivity contribution in [2.75, 3.05) is 7.11 Å². The first-order valence-corrected chi connectivity index (χ1v) is 7.58. The number of nitrogens with two attached hydrogens (primary N) is 1. The van der Waals surface area contributed by atoms with Crippen LogP contribution in [0.25, 0.3) is 11.1 Å². The lowest BCUT2D eigenvalue weighted by atomic mass is 9.83. The quantitative estimate of drug-likeness (QED) is 0.684. The van der Waals surface area contributed by atoms with Crippen LogP contribution in [0.2, 0.25) is 0 Å². The summed E-state index contributed by atoms with van der Waals surface area (Å²) >= 11 is 0. The second-order valence-corrected chi connectivity index (χ2v) is 5.70. The number of hydrogen-bond donors (Lipinski definition) is 1. The van der Waals surface area contributed by atoms with Crippen LogP contribution in [0.1, 0.15) is 23.1 Å². The van der Waals surface area contributed by atoms with Crippen LogP contribution in [0.15, 0.2) is 41.7 Å². The molecule has 2 aromatic rings. The number of aromatic nitrogens is 1. The number of ether oxygens (including phenoxy) is 1. The second-order valence-electron chi connectivity index (χ2n) is 5.70. The summed E-state index contributed by atoms with van der Waals surface area (Å²) in [5, 5.41) is 0. The second kappa shape index (κ2) is 6.18. The molecular formula is C18H21N3O. The number of aryl methyl sites for hydroxylation is 2. The minimum atomic E-state index is 0.186. The van der Waals surface area contributed by atoms with E-state index >= 15 is 0 Å². The molecule has 0 bridgehead atoms. The Kier molecular flexibility index (Phi) is 4.09. The van der Waals surface area contributed by atoms with Gasteiger partial charge in [0.05, 0.1) is 13.2 Å². The lowest BCUT2D eigenvalue weighted by Gasteiger charge is -2.25. The van der Waals surface area contributed by atoms with Gasteiger partial charge < -0.3 is 10.5 Å². The fourth-order valence-corrected chi connectivity index (χ4v) is 3.11. The summed E-state index contributed by atoms with van der Waals surface area (Å²) in [4.78, 5) is 8.75. The topological polar surface area (TPSA) is 60.5 Å². The standard InChI is InChI=1S/C18H21N3O/c1-12-8-9-20-11-17(12)15-5-3-4-13-6-7-14(10-16(13)15)21-18(19)22-2/h3-5,8-9,11,14H,6-7,10H2,1-2H3,(H2,19,21). The van der Waals surface area contributed by atoms with E-state index in [1.54, 1.807) is 7.11 Å². The van der Waals surface area contributed by atoms with Gasteiger partial charge in [-0.05, 0) is 54.5 Å². The highest BCUT2D eigenvalue weighted by atomic mass is 16.5. The highest BCUT2D eigenvalue weighted by Crippen LogP contribution is 2.33. The van der Waals surface area contributed by atoms with Crippen LogP contribution in [-0.2, 0) is 17.6 Å². The molecule has 114 valence electrons. The molecule has 1 aliphatic rings. The molecule has 0 amide bonds. The lowest BCUT2D eigenvalue weighted by Crippen LogP contribution is -2.23. The molecule has 0 radical (unpaired) electrons. The molecule has 2 N–H and O–H groups in total. The fourth-order valence-electron chi connectivity index (χ4n) is 3.11. The minimum absolute atomic E-state index is 0.186. The Morgan fingerprint density at radius 3 is 2.95 bits per heavy atom. The zero-order chi connectivity index (χ0) is 15.5. The van der Waals surface area contributed by atoms with Crippen molar-refractivity contribution in [3.05, 3.63) is 53.3 Å². The summed E-state index contributed by atoms with van der Waals surface area (Å²) in [6.07, 6.45) is 6.70. The number of amidine groups is 1. The van der Waals surface area contributed by atoms with Gasteiger partial charge in [0.2, 0.25) is 0 Å². The Balaban J connectivity index is 2.01. The third-order valence-electron chi connectivity index (χ3n) is 4.31. The van der Waals surface area contributed by atoms with Gasteiger partial charge in [-0.15, -0.1) is 0 Å². The normalized spacial score (nSPS) is 17.9. The number of nitrogens with zero attached hydrogens (tertiary/aromatic N) is 2. The minimum Gasteiger partial charge on any atom is -0.469 e. The van der Waals surface area contributed by atoms with Crippen LogP contribution >= 0.6 is 0 Å². The van der Waals surface area contributed by atoms with E-state index in [1.165, 1.54) is 27.8 Å². The van der Waals surface area contributed by atoms with Crippen molar-refractivity contribution in [3.8, 4) is 11.1 Å². The molecule has 1 unspecified atom stereocenters. The van der Waals surface area contributed by atoms with E-state index in [0.717, 1.165) is 19.3 Å². The van der Waals surface area contributed by atoms with E-state index in [-0.39, 0.29) is 12.1 Å². The van der Waals surface area contributed by atoms with Crippen molar-refractivity contribution in [1.29, 1.82) is 0 Å². The van der Waals surface area contributed by atoms with E-state index in [2.05, 4.69) is 41.2 Å². The van der Waals surface area contributed by atoms with E-state index in [0.29, 0.717) is 0 Å². The molecule has 0 saturated heterocycles. The monoisotopic (exact) mass is 295 g/mol. The van der Waals surface area contributed by atoms with Crippen molar-refractivity contribution in [2.24, 2.45) is 10.7 Å². The molecule has 1 aromatic heterocycles. The van der Waals surface area contributed by atoms with Gasteiger partial charge in [-0.1, -0.05) is 18.2 Å². The molecule has 4 nitrogen and oxygen atoms in total. The lowest BCUT2D eigenvalue weighted by molar-refractivity contribution is 0.388. The Hall–Kier alpha value is -2.36. The summed E-state index contributed by atoms with van der Waals surface area (Å²) in [7, 11) is 1.56.